The fourth-order valence-electron chi connectivity index (χ4n) is 7.82. The summed E-state index contributed by atoms with van der Waals surface area (Å²) in [6.45, 7) is 7.43. The number of rotatable bonds is 4. The summed E-state index contributed by atoms with van der Waals surface area (Å²) < 4.78 is 12.9. The van der Waals surface area contributed by atoms with Gasteiger partial charge < -0.3 is 8.83 Å². The Hall–Kier alpha value is -7.62. The van der Waals surface area contributed by atoms with Crippen LogP contribution >= 0.6 is 0 Å². The third-order valence-electron chi connectivity index (χ3n) is 10.4. The first-order valence-corrected chi connectivity index (χ1v) is 17.7. The number of benzene rings is 8. The van der Waals surface area contributed by atoms with Crippen molar-refractivity contribution in [2.75, 3.05) is 0 Å². The van der Waals surface area contributed by atoms with Gasteiger partial charge >= 0.3 is 0 Å². The summed E-state index contributed by atoms with van der Waals surface area (Å²) in [7, 11) is 0. The zero-order valence-electron chi connectivity index (χ0n) is 28.6. The van der Waals surface area contributed by atoms with E-state index in [2.05, 4.69) is 65.5 Å². The average molecular weight is 691 g/mol. The Morgan fingerprint density at radius 2 is 1.04 bits per heavy atom. The van der Waals surface area contributed by atoms with E-state index in [-0.39, 0.29) is 0 Å². The first kappa shape index (κ1) is 30.0. The van der Waals surface area contributed by atoms with E-state index in [4.69, 9.17) is 30.4 Å². The van der Waals surface area contributed by atoms with Crippen LogP contribution in [0.25, 0.3) is 116 Å². The predicted molar refractivity (Wildman–Crippen MR) is 217 cm³/mol. The molecule has 11 aromatic rings. The van der Waals surface area contributed by atoms with Crippen LogP contribution in [0.4, 0.5) is 5.69 Å². The van der Waals surface area contributed by atoms with Gasteiger partial charge in [-0.1, -0.05) is 121 Å². The van der Waals surface area contributed by atoms with Gasteiger partial charge in [0.25, 0.3) is 0 Å². The number of fused-ring (bicyclic) bond motifs is 9. The van der Waals surface area contributed by atoms with E-state index in [0.29, 0.717) is 23.2 Å². The average Bonchev–Trinajstić information content (AvgIpc) is 3.81. The first-order chi connectivity index (χ1) is 26.7. The Kier molecular flexibility index (Phi) is 6.51. The third kappa shape index (κ3) is 4.62. The lowest BCUT2D eigenvalue weighted by atomic mass is 9.95. The van der Waals surface area contributed by atoms with Gasteiger partial charge in [0.05, 0.1) is 6.57 Å². The van der Waals surface area contributed by atoms with Crippen LogP contribution < -0.4 is 0 Å². The molecular formula is C48H26N4O2. The van der Waals surface area contributed by atoms with Crippen LogP contribution in [0.3, 0.4) is 0 Å². The lowest BCUT2D eigenvalue weighted by Crippen LogP contribution is -2.00. The van der Waals surface area contributed by atoms with Crippen molar-refractivity contribution in [1.82, 2.24) is 15.0 Å². The Balaban J connectivity index is 1.17. The minimum Gasteiger partial charge on any atom is -0.456 e. The van der Waals surface area contributed by atoms with Crippen LogP contribution in [0.1, 0.15) is 0 Å². The number of hydrogen-bond acceptors (Lipinski definition) is 5. The summed E-state index contributed by atoms with van der Waals surface area (Å²) in [5.41, 5.74) is 8.56. The van der Waals surface area contributed by atoms with E-state index in [1.54, 1.807) is 0 Å². The molecule has 0 amide bonds. The number of para-hydroxylation sites is 1. The lowest BCUT2D eigenvalue weighted by Gasteiger charge is -2.11. The van der Waals surface area contributed by atoms with Crippen LogP contribution in [0.15, 0.2) is 167 Å². The van der Waals surface area contributed by atoms with Gasteiger partial charge in [0.1, 0.15) is 22.3 Å². The van der Waals surface area contributed by atoms with Crippen molar-refractivity contribution in [2.45, 2.75) is 0 Å². The Labute approximate surface area is 308 Å². The van der Waals surface area contributed by atoms with Gasteiger partial charge in [0, 0.05) is 43.6 Å². The monoisotopic (exact) mass is 690 g/mol. The molecule has 54 heavy (non-hydrogen) atoms. The SMILES string of the molecule is [C-]#[N+]c1ccc(-c2cc3c4cc(-c5nc(-c6cccc7ccccc67)nc(-c6cccc7oc8ccccc8c67)n5)ccc4oc3c3ccccc23)cc1. The Morgan fingerprint density at radius 1 is 0.407 bits per heavy atom. The zero-order chi connectivity index (χ0) is 35.8. The maximum Gasteiger partial charge on any atom is 0.187 e. The second kappa shape index (κ2) is 11.7. The normalized spacial score (nSPS) is 11.7. The van der Waals surface area contributed by atoms with Crippen molar-refractivity contribution in [1.29, 1.82) is 0 Å². The molecular weight excluding hydrogens is 665 g/mol. The predicted octanol–water partition coefficient (Wildman–Crippen LogP) is 13.2. The van der Waals surface area contributed by atoms with E-state index in [1.807, 2.05) is 97.1 Å². The van der Waals surface area contributed by atoms with Crippen molar-refractivity contribution in [2.24, 2.45) is 0 Å². The van der Waals surface area contributed by atoms with E-state index in [0.717, 1.165) is 93.2 Å². The van der Waals surface area contributed by atoms with Crippen LogP contribution in [0.2, 0.25) is 0 Å². The summed E-state index contributed by atoms with van der Waals surface area (Å²) in [5.74, 6) is 1.71. The molecule has 0 radical (unpaired) electrons. The molecule has 0 saturated carbocycles. The minimum absolute atomic E-state index is 0.555. The van der Waals surface area contributed by atoms with Crippen LogP contribution in [0.5, 0.6) is 0 Å². The van der Waals surface area contributed by atoms with Gasteiger partial charge in [-0.15, -0.1) is 0 Å². The highest BCUT2D eigenvalue weighted by Crippen LogP contribution is 2.42. The highest BCUT2D eigenvalue weighted by Gasteiger charge is 2.20. The molecule has 0 unspecified atom stereocenters. The van der Waals surface area contributed by atoms with Gasteiger partial charge in [-0.2, -0.15) is 0 Å². The molecule has 3 aromatic heterocycles. The number of nitrogens with zero attached hydrogens (tertiary/aromatic N) is 4. The quantitative estimate of drug-likeness (QED) is 0.172. The molecule has 250 valence electrons. The maximum absolute atomic E-state index is 7.43. The van der Waals surface area contributed by atoms with E-state index in [9.17, 15) is 0 Å². The third-order valence-corrected chi connectivity index (χ3v) is 10.4. The molecule has 0 aliphatic heterocycles. The lowest BCUT2D eigenvalue weighted by molar-refractivity contribution is 0.669. The summed E-state index contributed by atoms with van der Waals surface area (Å²) in [6, 6.07) is 53.1. The molecule has 0 aliphatic carbocycles. The summed E-state index contributed by atoms with van der Waals surface area (Å²) in [5, 5.41) is 8.22. The molecule has 0 bridgehead atoms. The molecule has 11 rings (SSSR count). The van der Waals surface area contributed by atoms with Crippen molar-refractivity contribution in [3.8, 4) is 45.3 Å². The number of aromatic nitrogens is 3. The van der Waals surface area contributed by atoms with Crippen molar-refractivity contribution >= 4 is 71.1 Å². The Bertz CT molecular complexity index is 3350. The molecule has 0 saturated heterocycles. The molecule has 8 aromatic carbocycles. The first-order valence-electron chi connectivity index (χ1n) is 17.7. The molecule has 0 spiro atoms. The number of hydrogen-bond donors (Lipinski definition) is 0. The molecule has 0 fully saturated rings. The molecule has 6 nitrogen and oxygen atoms in total. The molecule has 0 N–H and O–H groups in total. The Morgan fingerprint density at radius 3 is 1.89 bits per heavy atom. The largest absolute Gasteiger partial charge is 0.456 e. The van der Waals surface area contributed by atoms with Gasteiger partial charge in [-0.25, -0.2) is 19.8 Å². The summed E-state index contributed by atoms with van der Waals surface area (Å²) in [6.07, 6.45) is 0. The molecule has 3 heterocycles. The topological polar surface area (TPSA) is 69.3 Å². The van der Waals surface area contributed by atoms with Crippen LogP contribution in [0, 0.1) is 6.57 Å². The second-order valence-corrected chi connectivity index (χ2v) is 13.4. The van der Waals surface area contributed by atoms with Crippen LogP contribution in [-0.4, -0.2) is 15.0 Å². The van der Waals surface area contributed by atoms with Crippen molar-refractivity contribution in [3.05, 3.63) is 169 Å². The van der Waals surface area contributed by atoms with Crippen LogP contribution in [-0.2, 0) is 0 Å². The fourth-order valence-corrected chi connectivity index (χ4v) is 7.82. The highest BCUT2D eigenvalue weighted by atomic mass is 16.3. The van der Waals surface area contributed by atoms with E-state index in [1.165, 1.54) is 0 Å². The maximum atomic E-state index is 7.43. The smallest absolute Gasteiger partial charge is 0.187 e. The highest BCUT2D eigenvalue weighted by molar-refractivity contribution is 6.19. The van der Waals surface area contributed by atoms with Gasteiger partial charge in [-0.3, -0.25) is 0 Å². The van der Waals surface area contributed by atoms with Gasteiger partial charge in [0.15, 0.2) is 23.2 Å². The second-order valence-electron chi connectivity index (χ2n) is 13.4. The molecule has 0 atom stereocenters. The standard InChI is InChI=1S/C48H26N4O2/c1-49-31-23-20-29(21-24-31)38-27-40-39-26-30(22-25-42(39)54-45(40)34-14-5-4-13-33(34)38)46-50-47(35-16-8-11-28-10-2-3-12-32(28)35)52-48(51-46)37-17-9-19-43-44(37)36-15-6-7-18-41(36)53-43/h2-27H. The van der Waals surface area contributed by atoms with Gasteiger partial charge in [0.2, 0.25) is 0 Å². The number of furan rings is 2. The van der Waals surface area contributed by atoms with Gasteiger partial charge in [-0.05, 0) is 63.7 Å². The van der Waals surface area contributed by atoms with E-state index < -0.39 is 0 Å². The fraction of sp³-hybridized carbons (Fsp3) is 0. The minimum atomic E-state index is 0.555. The summed E-state index contributed by atoms with van der Waals surface area (Å²) >= 11 is 0. The van der Waals surface area contributed by atoms with Crippen molar-refractivity contribution in [3.63, 3.8) is 0 Å². The van der Waals surface area contributed by atoms with Crippen molar-refractivity contribution < 1.29 is 8.83 Å². The molecule has 6 heteroatoms. The summed E-state index contributed by atoms with van der Waals surface area (Å²) in [4.78, 5) is 19.2. The molecule has 0 aliphatic rings. The van der Waals surface area contributed by atoms with E-state index >= 15 is 0 Å². The zero-order valence-corrected chi connectivity index (χ0v) is 28.6.